The third-order valence-corrected chi connectivity index (χ3v) is 5.15. The quantitative estimate of drug-likeness (QED) is 0.651. The van der Waals surface area contributed by atoms with E-state index in [4.69, 9.17) is 16.3 Å². The number of imidazole rings is 1. The summed E-state index contributed by atoms with van der Waals surface area (Å²) >= 11 is 9.51. The molecular weight excluding hydrogens is 490 g/mol. The average molecular weight is 513 g/mol. The van der Waals surface area contributed by atoms with Crippen molar-refractivity contribution in [3.05, 3.63) is 45.4 Å². The molecule has 3 rings (SSSR count). The normalized spacial score (nSPS) is 14.4. The van der Waals surface area contributed by atoms with Crippen LogP contribution in [0.4, 0.5) is 10.5 Å². The van der Waals surface area contributed by atoms with Crippen LogP contribution in [0.25, 0.3) is 0 Å². The Morgan fingerprint density at radius 1 is 1.16 bits per heavy atom. The molecule has 0 unspecified atom stereocenters. The van der Waals surface area contributed by atoms with Crippen molar-refractivity contribution in [1.29, 1.82) is 0 Å². The van der Waals surface area contributed by atoms with E-state index < -0.39 is 11.5 Å². The van der Waals surface area contributed by atoms with Gasteiger partial charge in [-0.15, -0.1) is 0 Å². The van der Waals surface area contributed by atoms with Crippen LogP contribution in [0, 0.1) is 0 Å². The van der Waals surface area contributed by atoms with E-state index in [0.29, 0.717) is 42.0 Å². The van der Waals surface area contributed by atoms with Crippen LogP contribution in [-0.2, 0) is 4.74 Å². The Morgan fingerprint density at radius 2 is 1.81 bits per heavy atom. The maximum Gasteiger partial charge on any atom is 0.410 e. The summed E-state index contributed by atoms with van der Waals surface area (Å²) in [7, 11) is 0. The fourth-order valence-electron chi connectivity index (χ4n) is 2.96. The van der Waals surface area contributed by atoms with Gasteiger partial charge in [-0.1, -0.05) is 11.6 Å². The number of rotatable bonds is 3. The van der Waals surface area contributed by atoms with Crippen molar-refractivity contribution in [2.45, 2.75) is 26.4 Å². The fourth-order valence-corrected chi connectivity index (χ4v) is 3.51. The first-order chi connectivity index (χ1) is 14.5. The molecule has 1 aliphatic rings. The van der Waals surface area contributed by atoms with Gasteiger partial charge in [0.1, 0.15) is 10.2 Å². The molecule has 2 heterocycles. The van der Waals surface area contributed by atoms with Gasteiger partial charge in [-0.3, -0.25) is 9.59 Å². The topological polar surface area (TPSA) is 108 Å². The number of nitrogens with one attached hydrogen (secondary N) is 2. The largest absolute Gasteiger partial charge is 0.444 e. The molecular formula is C20H23BrClN5O4. The van der Waals surface area contributed by atoms with Crippen LogP contribution in [-0.4, -0.2) is 69.5 Å². The maximum atomic E-state index is 12.9. The standard InChI is InChI=1S/C20H23BrClN5O4/c1-20(2,3)31-19(30)27-8-6-26(7-9-27)18(29)13-5-4-12(10-14(13)22)24-17(28)16-23-11-15(21)25-16/h4-5,10-11H,6-9H2,1-3H3,(H,23,25)(H,24,28). The van der Waals surface area contributed by atoms with Crippen molar-refractivity contribution in [1.82, 2.24) is 19.8 Å². The number of piperazine rings is 1. The van der Waals surface area contributed by atoms with Crippen molar-refractivity contribution in [3.63, 3.8) is 0 Å². The lowest BCUT2D eigenvalue weighted by atomic mass is 10.1. The van der Waals surface area contributed by atoms with Gasteiger partial charge >= 0.3 is 6.09 Å². The second-order valence-corrected chi connectivity index (χ2v) is 9.25. The van der Waals surface area contributed by atoms with Crippen molar-refractivity contribution >= 4 is 51.1 Å². The summed E-state index contributed by atoms with van der Waals surface area (Å²) < 4.78 is 5.96. The van der Waals surface area contributed by atoms with Gasteiger partial charge in [0, 0.05) is 31.9 Å². The first kappa shape index (κ1) is 23.1. The fraction of sp³-hybridized carbons (Fsp3) is 0.400. The predicted molar refractivity (Wildman–Crippen MR) is 119 cm³/mol. The second-order valence-electron chi connectivity index (χ2n) is 7.99. The lowest BCUT2D eigenvalue weighted by Crippen LogP contribution is -2.51. The van der Waals surface area contributed by atoms with Crippen LogP contribution in [0.5, 0.6) is 0 Å². The molecule has 0 atom stereocenters. The molecule has 1 aliphatic heterocycles. The molecule has 0 aliphatic carbocycles. The Labute approximate surface area is 193 Å². The number of amides is 3. The summed E-state index contributed by atoms with van der Waals surface area (Å²) in [6.45, 7) is 6.95. The summed E-state index contributed by atoms with van der Waals surface area (Å²) in [5, 5.41) is 2.89. The molecule has 0 radical (unpaired) electrons. The Balaban J connectivity index is 1.60. The number of aromatic amines is 1. The highest BCUT2D eigenvalue weighted by Gasteiger charge is 2.28. The molecule has 0 bridgehead atoms. The zero-order chi connectivity index (χ0) is 22.8. The van der Waals surface area contributed by atoms with E-state index in [1.807, 2.05) is 20.8 Å². The zero-order valence-corrected chi connectivity index (χ0v) is 19.7. The van der Waals surface area contributed by atoms with Gasteiger partial charge in [0.25, 0.3) is 11.8 Å². The third kappa shape index (κ3) is 5.98. The van der Waals surface area contributed by atoms with Crippen LogP contribution in [0.1, 0.15) is 41.7 Å². The summed E-state index contributed by atoms with van der Waals surface area (Å²) in [5.74, 6) is -0.521. The zero-order valence-electron chi connectivity index (χ0n) is 17.4. The van der Waals surface area contributed by atoms with E-state index >= 15 is 0 Å². The van der Waals surface area contributed by atoms with Crippen molar-refractivity contribution < 1.29 is 19.1 Å². The molecule has 1 aromatic heterocycles. The highest BCUT2D eigenvalue weighted by atomic mass is 79.9. The number of nitrogens with zero attached hydrogens (tertiary/aromatic N) is 3. The molecule has 1 saturated heterocycles. The van der Waals surface area contributed by atoms with Crippen LogP contribution < -0.4 is 5.32 Å². The van der Waals surface area contributed by atoms with Crippen molar-refractivity contribution in [2.24, 2.45) is 0 Å². The van der Waals surface area contributed by atoms with E-state index in [1.54, 1.807) is 21.9 Å². The molecule has 0 spiro atoms. The van der Waals surface area contributed by atoms with Gasteiger partial charge in [-0.05, 0) is 54.9 Å². The monoisotopic (exact) mass is 511 g/mol. The van der Waals surface area contributed by atoms with Crippen LogP contribution in [0.2, 0.25) is 5.02 Å². The molecule has 2 aromatic rings. The summed E-state index contributed by atoms with van der Waals surface area (Å²) in [6.07, 6.45) is 1.09. The lowest BCUT2D eigenvalue weighted by Gasteiger charge is -2.35. The highest BCUT2D eigenvalue weighted by molar-refractivity contribution is 9.10. The lowest BCUT2D eigenvalue weighted by molar-refractivity contribution is 0.0141. The van der Waals surface area contributed by atoms with Crippen molar-refractivity contribution in [2.75, 3.05) is 31.5 Å². The highest BCUT2D eigenvalue weighted by Crippen LogP contribution is 2.24. The maximum absolute atomic E-state index is 12.9. The van der Waals surface area contributed by atoms with E-state index in [2.05, 4.69) is 31.2 Å². The van der Waals surface area contributed by atoms with Gasteiger partial charge in [-0.2, -0.15) is 0 Å². The van der Waals surface area contributed by atoms with Gasteiger partial charge in [0.15, 0.2) is 5.82 Å². The van der Waals surface area contributed by atoms with Crippen molar-refractivity contribution in [3.8, 4) is 0 Å². The molecule has 1 aromatic carbocycles. The number of H-pyrrole nitrogens is 1. The molecule has 11 heteroatoms. The van der Waals surface area contributed by atoms with Gasteiger partial charge in [0.2, 0.25) is 0 Å². The number of carbonyl (C=O) groups excluding carboxylic acids is 3. The van der Waals surface area contributed by atoms with Gasteiger partial charge in [-0.25, -0.2) is 9.78 Å². The van der Waals surface area contributed by atoms with E-state index in [0.717, 1.165) is 0 Å². The van der Waals surface area contributed by atoms with Gasteiger partial charge in [0.05, 0.1) is 16.8 Å². The molecule has 0 saturated carbocycles. The molecule has 2 N–H and O–H groups in total. The minimum atomic E-state index is -0.567. The smallest absolute Gasteiger partial charge is 0.410 e. The number of hydrogen-bond acceptors (Lipinski definition) is 5. The summed E-state index contributed by atoms with van der Waals surface area (Å²) in [5.41, 5.74) is 0.197. The number of halogens is 2. The van der Waals surface area contributed by atoms with Gasteiger partial charge < -0.3 is 24.8 Å². The minimum Gasteiger partial charge on any atom is -0.444 e. The number of aromatic nitrogens is 2. The van der Waals surface area contributed by atoms with E-state index in [9.17, 15) is 14.4 Å². The van der Waals surface area contributed by atoms with Crippen LogP contribution in [0.15, 0.2) is 29.0 Å². The number of hydrogen-bond donors (Lipinski definition) is 2. The molecule has 1 fully saturated rings. The second kappa shape index (κ2) is 9.27. The summed E-state index contributed by atoms with van der Waals surface area (Å²) in [6, 6.07) is 4.69. The Bertz CT molecular complexity index is 996. The minimum absolute atomic E-state index is 0.144. The number of benzene rings is 1. The number of carbonyl (C=O) groups is 3. The average Bonchev–Trinajstić information content (AvgIpc) is 3.13. The number of anilines is 1. The summed E-state index contributed by atoms with van der Waals surface area (Å²) in [4.78, 5) is 47.2. The van der Waals surface area contributed by atoms with Crippen LogP contribution in [0.3, 0.4) is 0 Å². The number of ether oxygens (including phenoxy) is 1. The first-order valence-corrected chi connectivity index (χ1v) is 10.8. The predicted octanol–water partition coefficient (Wildman–Crippen LogP) is 3.77. The molecule has 31 heavy (non-hydrogen) atoms. The Kier molecular flexibility index (Phi) is 6.90. The molecule has 9 nitrogen and oxygen atoms in total. The van der Waals surface area contributed by atoms with E-state index in [-0.39, 0.29) is 22.8 Å². The Hall–Kier alpha value is -2.59. The van der Waals surface area contributed by atoms with Crippen LogP contribution >= 0.6 is 27.5 Å². The van der Waals surface area contributed by atoms with E-state index in [1.165, 1.54) is 12.3 Å². The molecule has 166 valence electrons. The SMILES string of the molecule is CC(C)(C)OC(=O)N1CCN(C(=O)c2ccc(NC(=O)c3ncc(Br)[nH]3)cc2Cl)CC1. The third-order valence-electron chi connectivity index (χ3n) is 4.44. The first-order valence-electron chi connectivity index (χ1n) is 9.62. The Morgan fingerprint density at radius 3 is 2.35 bits per heavy atom. The molecule has 3 amide bonds.